The van der Waals surface area contributed by atoms with Gasteiger partial charge in [0.15, 0.2) is 0 Å². The number of rotatable bonds is 3. The summed E-state index contributed by atoms with van der Waals surface area (Å²) < 4.78 is 11.8. The Kier molecular flexibility index (Phi) is 5.23. The second-order valence-corrected chi connectivity index (χ2v) is 6.41. The Morgan fingerprint density at radius 2 is 2.07 bits per heavy atom. The third kappa shape index (κ3) is 3.68. The zero-order valence-electron chi connectivity index (χ0n) is 15.4. The molecule has 3 rings (SSSR count). The quantitative estimate of drug-likeness (QED) is 0.459. The number of ether oxygens (including phenoxy) is 2. The summed E-state index contributed by atoms with van der Waals surface area (Å²) in [6.07, 6.45) is 2.76. The van der Waals surface area contributed by atoms with Crippen molar-refractivity contribution >= 4 is 23.5 Å². The van der Waals surface area contributed by atoms with Crippen LogP contribution in [0.1, 0.15) is 19.4 Å². The number of nitrogens with zero attached hydrogens (tertiary/aromatic N) is 4. The van der Waals surface area contributed by atoms with Crippen LogP contribution >= 0.6 is 0 Å². The molecule has 2 aromatic heterocycles. The van der Waals surface area contributed by atoms with E-state index in [1.165, 1.54) is 17.6 Å². The van der Waals surface area contributed by atoms with Crippen LogP contribution in [-0.4, -0.2) is 47.8 Å². The van der Waals surface area contributed by atoms with Gasteiger partial charge in [0.25, 0.3) is 5.56 Å². The Morgan fingerprint density at radius 1 is 1.37 bits per heavy atom. The van der Waals surface area contributed by atoms with Gasteiger partial charge in [-0.2, -0.15) is 5.26 Å². The van der Waals surface area contributed by atoms with E-state index in [4.69, 9.17) is 4.74 Å². The van der Waals surface area contributed by atoms with Crippen LogP contribution in [0.15, 0.2) is 34.8 Å². The molecule has 27 heavy (non-hydrogen) atoms. The third-order valence-corrected chi connectivity index (χ3v) is 4.28. The van der Waals surface area contributed by atoms with Gasteiger partial charge in [-0.15, -0.1) is 0 Å². The van der Waals surface area contributed by atoms with E-state index < -0.39 is 5.97 Å². The van der Waals surface area contributed by atoms with Gasteiger partial charge < -0.3 is 14.4 Å². The lowest BCUT2D eigenvalue weighted by atomic mass is 10.1. The maximum Gasteiger partial charge on any atom is 0.348 e. The molecule has 1 fully saturated rings. The number of methoxy groups -OCH3 is 1. The first-order valence-corrected chi connectivity index (χ1v) is 8.56. The normalized spacial score (nSPS) is 20.4. The highest BCUT2D eigenvalue weighted by molar-refractivity contribution is 5.98. The Bertz CT molecular complexity index is 995. The summed E-state index contributed by atoms with van der Waals surface area (Å²) in [5, 5.41) is 9.30. The molecular formula is C19H20N4O4. The van der Waals surface area contributed by atoms with Crippen LogP contribution in [-0.2, 0) is 14.3 Å². The van der Waals surface area contributed by atoms with E-state index in [1.54, 1.807) is 30.5 Å². The monoisotopic (exact) mass is 368 g/mol. The summed E-state index contributed by atoms with van der Waals surface area (Å²) in [6.45, 7) is 4.98. The van der Waals surface area contributed by atoms with Crippen molar-refractivity contribution in [3.63, 3.8) is 0 Å². The molecule has 0 aromatic carbocycles. The molecule has 8 nitrogen and oxygen atoms in total. The largest absolute Gasteiger partial charge is 0.465 e. The van der Waals surface area contributed by atoms with Crippen LogP contribution in [0.3, 0.4) is 0 Å². The summed E-state index contributed by atoms with van der Waals surface area (Å²) in [6, 6.07) is 7.03. The summed E-state index contributed by atoms with van der Waals surface area (Å²) in [5.74, 6) is -0.380. The molecule has 0 aliphatic carbocycles. The van der Waals surface area contributed by atoms with E-state index in [2.05, 4.69) is 9.72 Å². The molecule has 0 unspecified atom stereocenters. The molecule has 1 aliphatic heterocycles. The number of pyridine rings is 1. The molecule has 2 aromatic rings. The number of carbonyl (C=O) groups is 1. The first-order valence-electron chi connectivity index (χ1n) is 8.56. The van der Waals surface area contributed by atoms with Crippen molar-refractivity contribution in [1.82, 2.24) is 9.38 Å². The van der Waals surface area contributed by atoms with Gasteiger partial charge >= 0.3 is 5.97 Å². The zero-order chi connectivity index (χ0) is 19.6. The molecule has 8 heteroatoms. The number of aromatic nitrogens is 2. The van der Waals surface area contributed by atoms with Gasteiger partial charge in [-0.1, -0.05) is 6.07 Å². The molecule has 1 aliphatic rings. The predicted molar refractivity (Wildman–Crippen MR) is 99.3 cm³/mol. The second kappa shape index (κ2) is 7.60. The Labute approximate surface area is 156 Å². The van der Waals surface area contributed by atoms with Crippen molar-refractivity contribution in [3.05, 3.63) is 45.9 Å². The van der Waals surface area contributed by atoms with Crippen LogP contribution in [0.5, 0.6) is 0 Å². The number of esters is 1. The van der Waals surface area contributed by atoms with Gasteiger partial charge in [-0.3, -0.25) is 9.20 Å². The summed E-state index contributed by atoms with van der Waals surface area (Å²) in [5.41, 5.74) is 0.0295. The SMILES string of the molecule is COC(=O)/C(C#N)=C/c1c(N2C[C@@H](C)O[C@H](C)C2)nc2ccccn2c1=O. The lowest BCUT2D eigenvalue weighted by Crippen LogP contribution is -2.46. The lowest BCUT2D eigenvalue weighted by molar-refractivity contribution is -0.135. The van der Waals surface area contributed by atoms with E-state index >= 15 is 0 Å². The van der Waals surface area contributed by atoms with Gasteiger partial charge in [-0.05, 0) is 32.1 Å². The molecule has 0 spiro atoms. The molecule has 0 amide bonds. The zero-order valence-corrected chi connectivity index (χ0v) is 15.4. The van der Waals surface area contributed by atoms with Crippen molar-refractivity contribution in [2.24, 2.45) is 0 Å². The summed E-state index contributed by atoms with van der Waals surface area (Å²) in [7, 11) is 1.19. The van der Waals surface area contributed by atoms with Crippen LogP contribution < -0.4 is 10.5 Å². The van der Waals surface area contributed by atoms with E-state index in [0.29, 0.717) is 24.6 Å². The molecule has 0 N–H and O–H groups in total. The molecular weight excluding hydrogens is 348 g/mol. The molecule has 1 saturated heterocycles. The molecule has 0 saturated carbocycles. The van der Waals surface area contributed by atoms with Gasteiger partial charge in [0.1, 0.15) is 23.1 Å². The first kappa shape index (κ1) is 18.6. The highest BCUT2D eigenvalue weighted by atomic mass is 16.5. The fourth-order valence-electron chi connectivity index (χ4n) is 3.20. The maximum absolute atomic E-state index is 13.1. The number of fused-ring (bicyclic) bond motifs is 1. The molecule has 140 valence electrons. The van der Waals surface area contributed by atoms with Gasteiger partial charge in [0, 0.05) is 19.3 Å². The summed E-state index contributed by atoms with van der Waals surface area (Å²) in [4.78, 5) is 31.5. The van der Waals surface area contributed by atoms with Gasteiger partial charge in [0.2, 0.25) is 0 Å². The topological polar surface area (TPSA) is 96.9 Å². The van der Waals surface area contributed by atoms with Crippen molar-refractivity contribution in [2.45, 2.75) is 26.1 Å². The average Bonchev–Trinajstić information content (AvgIpc) is 2.66. The van der Waals surface area contributed by atoms with Crippen LogP contribution in [0.2, 0.25) is 0 Å². The number of hydrogen-bond donors (Lipinski definition) is 0. The second-order valence-electron chi connectivity index (χ2n) is 6.41. The van der Waals surface area contributed by atoms with E-state index in [1.807, 2.05) is 18.7 Å². The maximum atomic E-state index is 13.1. The smallest absolute Gasteiger partial charge is 0.348 e. The van der Waals surface area contributed by atoms with E-state index in [0.717, 1.165) is 0 Å². The molecule has 0 radical (unpaired) electrons. The van der Waals surface area contributed by atoms with Crippen molar-refractivity contribution in [3.8, 4) is 6.07 Å². The highest BCUT2D eigenvalue weighted by Gasteiger charge is 2.27. The van der Waals surface area contributed by atoms with Crippen LogP contribution in [0.25, 0.3) is 11.7 Å². The van der Waals surface area contributed by atoms with E-state index in [-0.39, 0.29) is 28.9 Å². The number of carbonyl (C=O) groups excluding carboxylic acids is 1. The number of anilines is 1. The Morgan fingerprint density at radius 3 is 2.70 bits per heavy atom. The fraction of sp³-hybridized carbons (Fsp3) is 0.368. The minimum atomic E-state index is -0.801. The fourth-order valence-corrected chi connectivity index (χ4v) is 3.20. The third-order valence-electron chi connectivity index (χ3n) is 4.28. The summed E-state index contributed by atoms with van der Waals surface area (Å²) >= 11 is 0. The number of morpholine rings is 1. The van der Waals surface area contributed by atoms with Crippen molar-refractivity contribution in [2.75, 3.05) is 25.1 Å². The Balaban J connectivity index is 2.25. The standard InChI is InChI=1S/C19H20N4O4/c1-12-10-22(11-13(2)27-12)17-15(8-14(9-20)19(25)26-3)18(24)23-7-5-4-6-16(23)21-17/h4-8,12-13H,10-11H2,1-3H3/b14-8+/t12-,13-/m1/s1. The van der Waals surface area contributed by atoms with Crippen LogP contribution in [0.4, 0.5) is 5.82 Å². The van der Waals surface area contributed by atoms with Gasteiger partial charge in [0.05, 0.1) is 24.9 Å². The number of hydrogen-bond acceptors (Lipinski definition) is 7. The first-order chi connectivity index (χ1) is 12.9. The van der Waals surface area contributed by atoms with Gasteiger partial charge in [-0.25, -0.2) is 9.78 Å². The van der Waals surface area contributed by atoms with E-state index in [9.17, 15) is 14.9 Å². The minimum Gasteiger partial charge on any atom is -0.465 e. The van der Waals surface area contributed by atoms with Crippen LogP contribution in [0, 0.1) is 11.3 Å². The predicted octanol–water partition coefficient (Wildman–Crippen LogP) is 1.39. The minimum absolute atomic E-state index is 0.0438. The molecule has 0 bridgehead atoms. The number of nitriles is 1. The highest BCUT2D eigenvalue weighted by Crippen LogP contribution is 2.23. The Hall–Kier alpha value is -3.18. The van der Waals surface area contributed by atoms with Crippen molar-refractivity contribution in [1.29, 1.82) is 5.26 Å². The molecule has 2 atom stereocenters. The molecule has 3 heterocycles. The van der Waals surface area contributed by atoms with Crippen molar-refractivity contribution < 1.29 is 14.3 Å². The lowest BCUT2D eigenvalue weighted by Gasteiger charge is -2.36. The average molecular weight is 368 g/mol.